The maximum absolute atomic E-state index is 12.9. The van der Waals surface area contributed by atoms with Crippen LogP contribution in [0.15, 0.2) is 73.1 Å². The molecule has 2 aliphatic rings. The maximum atomic E-state index is 12.9. The number of benzene rings is 2. The zero-order chi connectivity index (χ0) is 26.6. The van der Waals surface area contributed by atoms with E-state index in [1.807, 2.05) is 70.3 Å². The van der Waals surface area contributed by atoms with Gasteiger partial charge in [-0.05, 0) is 62.1 Å². The molecule has 0 spiro atoms. The second kappa shape index (κ2) is 11.2. The smallest absolute Gasteiger partial charge is 0.246 e. The number of rotatable bonds is 8. The Balaban J connectivity index is 1.21. The molecule has 9 nitrogen and oxygen atoms in total. The van der Waals surface area contributed by atoms with Gasteiger partial charge < -0.3 is 20.7 Å². The Morgan fingerprint density at radius 2 is 1.82 bits per heavy atom. The van der Waals surface area contributed by atoms with Gasteiger partial charge in [-0.3, -0.25) is 4.79 Å². The van der Waals surface area contributed by atoms with Gasteiger partial charge in [-0.15, -0.1) is 0 Å². The maximum Gasteiger partial charge on any atom is 0.246 e. The Labute approximate surface area is 227 Å². The van der Waals surface area contributed by atoms with Crippen molar-refractivity contribution in [1.29, 1.82) is 0 Å². The number of anilines is 1. The van der Waals surface area contributed by atoms with Crippen molar-refractivity contribution in [2.24, 2.45) is 0 Å². The first kappa shape index (κ1) is 25.1. The molecule has 1 saturated carbocycles. The first-order valence-electron chi connectivity index (χ1n) is 13.7. The highest BCUT2D eigenvalue weighted by Gasteiger charge is 2.28. The zero-order valence-corrected chi connectivity index (χ0v) is 21.9. The first-order valence-corrected chi connectivity index (χ1v) is 13.7. The lowest BCUT2D eigenvalue weighted by molar-refractivity contribution is -0.127. The molecule has 3 heterocycles. The monoisotopic (exact) mass is 523 g/mol. The minimum Gasteiger partial charge on any atom is -0.457 e. The van der Waals surface area contributed by atoms with Gasteiger partial charge >= 0.3 is 0 Å². The summed E-state index contributed by atoms with van der Waals surface area (Å²) in [5.74, 6) is 1.93. The summed E-state index contributed by atoms with van der Waals surface area (Å²) < 4.78 is 7.88. The van der Waals surface area contributed by atoms with Crippen LogP contribution in [0.3, 0.4) is 0 Å². The van der Waals surface area contributed by atoms with Crippen molar-refractivity contribution >= 4 is 22.8 Å². The Morgan fingerprint density at radius 3 is 2.59 bits per heavy atom. The van der Waals surface area contributed by atoms with Gasteiger partial charge in [-0.2, -0.15) is 5.10 Å². The predicted octanol–water partition coefficient (Wildman–Crippen LogP) is 4.73. The molecule has 1 atom stereocenters. The number of carbonyl (C=O) groups is 1. The molecule has 0 bridgehead atoms. The molecule has 2 aromatic heterocycles. The number of nitrogen functional groups attached to an aromatic ring is 1. The third-order valence-corrected chi connectivity index (χ3v) is 7.57. The highest BCUT2D eigenvalue weighted by atomic mass is 16.5. The Hall–Kier alpha value is -4.24. The average molecular weight is 524 g/mol. The quantitative estimate of drug-likeness (QED) is 0.321. The van der Waals surface area contributed by atoms with E-state index < -0.39 is 0 Å². The van der Waals surface area contributed by atoms with Crippen molar-refractivity contribution in [3.05, 3.63) is 73.1 Å². The number of piperidine rings is 1. The van der Waals surface area contributed by atoms with E-state index in [0.29, 0.717) is 24.1 Å². The number of carbonyl (C=O) groups excluding carboxylic acids is 1. The molecule has 2 fully saturated rings. The Morgan fingerprint density at radius 1 is 1.03 bits per heavy atom. The number of nitrogens with one attached hydrogen (secondary N) is 1. The van der Waals surface area contributed by atoms with Gasteiger partial charge in [0.15, 0.2) is 5.65 Å². The topological polar surface area (TPSA) is 111 Å². The number of hydrogen-bond acceptors (Lipinski definition) is 7. The van der Waals surface area contributed by atoms with Crippen LogP contribution in [0.2, 0.25) is 0 Å². The molecular formula is C30H33N7O2. The minimum atomic E-state index is -0.00422. The SMILES string of the molecule is Nc1ncnc2c1c(-c1ccc(Oc3ccccc3)cc1)nn2[C@@H]1CCCN(C(=O)C=CCNC2CCC2)C1. The van der Waals surface area contributed by atoms with Crippen LogP contribution in [-0.4, -0.2) is 56.2 Å². The third-order valence-electron chi connectivity index (χ3n) is 7.57. The summed E-state index contributed by atoms with van der Waals surface area (Å²) in [5, 5.41) is 9.18. The number of hydrogen-bond donors (Lipinski definition) is 2. The van der Waals surface area contributed by atoms with E-state index in [4.69, 9.17) is 15.6 Å². The van der Waals surface area contributed by atoms with Gasteiger partial charge in [-0.25, -0.2) is 14.6 Å². The van der Waals surface area contributed by atoms with E-state index in [1.165, 1.54) is 25.6 Å². The fourth-order valence-corrected chi connectivity index (χ4v) is 5.22. The standard InChI is InChI=1S/C30H33N7O2/c31-29-27-28(21-13-15-25(16-14-21)39-24-10-2-1-3-11-24)35-37(30(27)34-20-33-29)23-9-6-18-36(19-23)26(38)12-5-17-32-22-7-4-8-22/h1-3,5,10-16,20,22-23,32H,4,6-9,17-19H2,(H2,31,33,34)/t23-/m1/s1. The molecule has 39 heavy (non-hydrogen) atoms. The van der Waals surface area contributed by atoms with E-state index in [0.717, 1.165) is 54.1 Å². The summed E-state index contributed by atoms with van der Waals surface area (Å²) in [5.41, 5.74) is 8.64. The van der Waals surface area contributed by atoms with Crippen molar-refractivity contribution in [2.45, 2.75) is 44.2 Å². The molecule has 0 unspecified atom stereocenters. The van der Waals surface area contributed by atoms with E-state index in [2.05, 4.69) is 15.3 Å². The van der Waals surface area contributed by atoms with Crippen LogP contribution in [-0.2, 0) is 4.79 Å². The van der Waals surface area contributed by atoms with Gasteiger partial charge in [0.2, 0.25) is 5.91 Å². The number of amides is 1. The molecule has 2 aromatic carbocycles. The predicted molar refractivity (Wildman–Crippen MR) is 151 cm³/mol. The number of para-hydroxylation sites is 1. The third kappa shape index (κ3) is 5.49. The highest BCUT2D eigenvalue weighted by molar-refractivity contribution is 5.98. The first-order chi connectivity index (χ1) is 19.2. The van der Waals surface area contributed by atoms with Crippen LogP contribution in [0, 0.1) is 0 Å². The molecule has 200 valence electrons. The van der Waals surface area contributed by atoms with Crippen molar-refractivity contribution < 1.29 is 9.53 Å². The summed E-state index contributed by atoms with van der Waals surface area (Å²) in [6.07, 6.45) is 10.7. The summed E-state index contributed by atoms with van der Waals surface area (Å²) in [6.45, 7) is 2.04. The number of nitrogens with two attached hydrogens (primary N) is 1. The fraction of sp³-hybridized carbons (Fsp3) is 0.333. The number of fused-ring (bicyclic) bond motifs is 1. The number of likely N-dealkylation sites (tertiary alicyclic amines) is 1. The number of aromatic nitrogens is 4. The number of nitrogens with zero attached hydrogens (tertiary/aromatic N) is 5. The van der Waals surface area contributed by atoms with Crippen molar-refractivity contribution in [3.8, 4) is 22.8 Å². The molecule has 3 N–H and O–H groups in total. The van der Waals surface area contributed by atoms with E-state index in [9.17, 15) is 4.79 Å². The van der Waals surface area contributed by atoms with E-state index >= 15 is 0 Å². The lowest BCUT2D eigenvalue weighted by Gasteiger charge is -2.32. The van der Waals surface area contributed by atoms with E-state index in [-0.39, 0.29) is 11.9 Å². The molecule has 1 saturated heterocycles. The molecule has 1 aliphatic heterocycles. The molecule has 6 rings (SSSR count). The summed E-state index contributed by atoms with van der Waals surface area (Å²) in [4.78, 5) is 23.6. The molecular weight excluding hydrogens is 490 g/mol. The molecule has 1 aliphatic carbocycles. The van der Waals surface area contributed by atoms with Crippen LogP contribution in [0.1, 0.15) is 38.1 Å². The normalized spacial score (nSPS) is 17.9. The van der Waals surface area contributed by atoms with Gasteiger partial charge in [0.1, 0.15) is 29.3 Å². The largest absolute Gasteiger partial charge is 0.457 e. The van der Waals surface area contributed by atoms with Crippen molar-refractivity contribution in [2.75, 3.05) is 25.4 Å². The summed E-state index contributed by atoms with van der Waals surface area (Å²) in [6, 6.07) is 18.0. The zero-order valence-electron chi connectivity index (χ0n) is 21.9. The second-order valence-corrected chi connectivity index (χ2v) is 10.2. The lowest BCUT2D eigenvalue weighted by atomic mass is 9.93. The van der Waals surface area contributed by atoms with Gasteiger partial charge in [0.25, 0.3) is 0 Å². The Kier molecular flexibility index (Phi) is 7.23. The van der Waals surface area contributed by atoms with Gasteiger partial charge in [0.05, 0.1) is 11.4 Å². The van der Waals surface area contributed by atoms with Crippen LogP contribution >= 0.6 is 0 Å². The summed E-state index contributed by atoms with van der Waals surface area (Å²) in [7, 11) is 0. The van der Waals surface area contributed by atoms with Crippen LogP contribution in [0.4, 0.5) is 5.82 Å². The fourth-order valence-electron chi connectivity index (χ4n) is 5.22. The van der Waals surface area contributed by atoms with Crippen molar-refractivity contribution in [3.63, 3.8) is 0 Å². The number of ether oxygens (including phenoxy) is 1. The lowest BCUT2D eigenvalue weighted by Crippen LogP contribution is -2.40. The van der Waals surface area contributed by atoms with Crippen LogP contribution in [0.25, 0.3) is 22.3 Å². The molecule has 4 aromatic rings. The highest BCUT2D eigenvalue weighted by Crippen LogP contribution is 2.35. The van der Waals surface area contributed by atoms with Gasteiger partial charge in [0, 0.05) is 37.3 Å². The minimum absolute atomic E-state index is 0.00422. The van der Waals surface area contributed by atoms with Crippen LogP contribution in [0.5, 0.6) is 11.5 Å². The Bertz CT molecular complexity index is 1460. The van der Waals surface area contributed by atoms with Gasteiger partial charge in [-0.1, -0.05) is 30.7 Å². The molecule has 1 amide bonds. The molecule has 0 radical (unpaired) electrons. The van der Waals surface area contributed by atoms with Crippen molar-refractivity contribution in [1.82, 2.24) is 30.0 Å². The average Bonchev–Trinajstić information content (AvgIpc) is 3.34. The summed E-state index contributed by atoms with van der Waals surface area (Å²) >= 11 is 0. The molecule has 9 heteroatoms. The van der Waals surface area contributed by atoms with E-state index in [1.54, 1.807) is 6.08 Å². The van der Waals surface area contributed by atoms with Crippen LogP contribution < -0.4 is 15.8 Å². The second-order valence-electron chi connectivity index (χ2n) is 10.2.